The Morgan fingerprint density at radius 2 is 1.52 bits per heavy atom. The molecule has 0 bridgehead atoms. The lowest BCUT2D eigenvalue weighted by Crippen LogP contribution is -2.27. The molecule has 218 valence electrons. The lowest BCUT2D eigenvalue weighted by atomic mass is 10.0. The van der Waals surface area contributed by atoms with E-state index in [-0.39, 0.29) is 17.1 Å². The molecule has 10 nitrogen and oxygen atoms in total. The normalized spacial score (nSPS) is 10.7. The number of aromatic carboxylic acids is 1. The zero-order valence-corrected chi connectivity index (χ0v) is 23.0. The van der Waals surface area contributed by atoms with Crippen LogP contribution in [0.5, 0.6) is 23.3 Å². The molecule has 0 saturated carbocycles. The quantitative estimate of drug-likeness (QED) is 0.213. The zero-order valence-electron chi connectivity index (χ0n) is 23.0. The third kappa shape index (κ3) is 6.56. The first-order valence-corrected chi connectivity index (χ1v) is 12.6. The van der Waals surface area contributed by atoms with Crippen molar-refractivity contribution in [2.75, 3.05) is 37.5 Å². The van der Waals surface area contributed by atoms with Crippen molar-refractivity contribution in [3.8, 4) is 34.4 Å². The van der Waals surface area contributed by atoms with Crippen molar-refractivity contribution in [1.82, 2.24) is 4.98 Å². The van der Waals surface area contributed by atoms with Gasteiger partial charge in [-0.25, -0.2) is 4.79 Å². The van der Waals surface area contributed by atoms with Gasteiger partial charge in [0.05, 0.1) is 0 Å². The highest BCUT2D eigenvalue weighted by Gasteiger charge is 2.28. The van der Waals surface area contributed by atoms with Gasteiger partial charge in [0.25, 0.3) is 11.8 Å². The summed E-state index contributed by atoms with van der Waals surface area (Å²) in [5, 5.41) is 18.9. The fourth-order valence-electron chi connectivity index (χ4n) is 4.12. The molecule has 0 aliphatic rings. The van der Waals surface area contributed by atoms with Crippen LogP contribution >= 0.6 is 0 Å². The minimum Gasteiger partial charge on any atom is -0.480 e. The predicted molar refractivity (Wildman–Crippen MR) is 153 cm³/mol. The number of hydrogen-bond acceptors (Lipinski definition) is 8. The van der Waals surface area contributed by atoms with Crippen LogP contribution in [-0.2, 0) is 11.3 Å². The van der Waals surface area contributed by atoms with E-state index in [4.69, 9.17) is 15.2 Å². The second-order valence-electron chi connectivity index (χ2n) is 9.46. The number of nitrogens with two attached hydrogens (primary N) is 1. The van der Waals surface area contributed by atoms with Crippen molar-refractivity contribution in [1.29, 1.82) is 0 Å². The van der Waals surface area contributed by atoms with E-state index in [1.807, 2.05) is 30.3 Å². The lowest BCUT2D eigenvalue weighted by Gasteiger charge is -2.21. The summed E-state index contributed by atoms with van der Waals surface area (Å²) >= 11 is 0. The van der Waals surface area contributed by atoms with E-state index in [1.54, 1.807) is 31.1 Å². The molecule has 0 amide bonds. The molecular formula is C30H28F2N4O6. The molecule has 0 radical (unpaired) electrons. The minimum atomic E-state index is -1.35. The Labute approximate surface area is 240 Å². The number of carboxylic acids is 2. The van der Waals surface area contributed by atoms with Gasteiger partial charge in [-0.05, 0) is 47.0 Å². The first kappa shape index (κ1) is 29.7. The third-order valence-corrected chi connectivity index (χ3v) is 6.21. The number of aliphatic carboxylic acids is 1. The zero-order chi connectivity index (χ0) is 30.6. The molecule has 4 rings (SSSR count). The highest BCUT2D eigenvalue weighted by molar-refractivity contribution is 5.91. The van der Waals surface area contributed by atoms with E-state index in [0.29, 0.717) is 12.2 Å². The number of pyridine rings is 1. The lowest BCUT2D eigenvalue weighted by molar-refractivity contribution is -0.135. The van der Waals surface area contributed by atoms with Crippen molar-refractivity contribution in [2.24, 2.45) is 5.73 Å². The second-order valence-corrected chi connectivity index (χ2v) is 9.46. The van der Waals surface area contributed by atoms with Gasteiger partial charge in [0, 0.05) is 39.4 Å². The van der Waals surface area contributed by atoms with E-state index < -0.39 is 47.6 Å². The molecule has 0 atom stereocenters. The Bertz CT molecular complexity index is 1650. The number of hydrogen-bond donors (Lipinski definition) is 3. The van der Waals surface area contributed by atoms with Crippen molar-refractivity contribution in [3.05, 3.63) is 89.5 Å². The topological polar surface area (TPSA) is 138 Å². The van der Waals surface area contributed by atoms with E-state index in [9.17, 15) is 19.8 Å². The molecule has 0 unspecified atom stereocenters. The van der Waals surface area contributed by atoms with Crippen molar-refractivity contribution in [3.63, 3.8) is 0 Å². The molecule has 0 fully saturated rings. The maximum atomic E-state index is 15.7. The van der Waals surface area contributed by atoms with Gasteiger partial charge in [-0.2, -0.15) is 13.8 Å². The molecule has 3 aromatic carbocycles. The Balaban J connectivity index is 1.82. The Hall–Kier alpha value is -5.23. The molecule has 1 aromatic heterocycles. The van der Waals surface area contributed by atoms with E-state index in [1.165, 1.54) is 31.3 Å². The SMILES string of the molecule is CN(C)c1ccc(C(=O)O)c(Oc2nc(Oc3cccc(-c4cccc(CN)c4)c3)c(F)c(N(C)CC(=O)O)c2F)c1. The minimum absolute atomic E-state index is 0.141. The van der Waals surface area contributed by atoms with Gasteiger partial charge in [-0.15, -0.1) is 0 Å². The number of benzene rings is 3. The summed E-state index contributed by atoms with van der Waals surface area (Å²) < 4.78 is 42.8. The molecular weight excluding hydrogens is 550 g/mol. The fourth-order valence-corrected chi connectivity index (χ4v) is 4.12. The fraction of sp³-hybridized carbons (Fsp3) is 0.167. The van der Waals surface area contributed by atoms with Gasteiger partial charge in [-0.3, -0.25) is 4.79 Å². The first-order valence-electron chi connectivity index (χ1n) is 12.6. The number of anilines is 2. The summed E-state index contributed by atoms with van der Waals surface area (Å²) in [6.45, 7) is -0.425. The maximum absolute atomic E-state index is 15.7. The van der Waals surface area contributed by atoms with Crippen LogP contribution in [0.15, 0.2) is 66.7 Å². The summed E-state index contributed by atoms with van der Waals surface area (Å²) in [5.41, 5.74) is 7.64. The molecule has 4 aromatic rings. The maximum Gasteiger partial charge on any atom is 0.339 e. The summed E-state index contributed by atoms with van der Waals surface area (Å²) in [6, 6.07) is 18.3. The second kappa shape index (κ2) is 12.5. The van der Waals surface area contributed by atoms with Gasteiger partial charge in [-0.1, -0.05) is 30.3 Å². The number of rotatable bonds is 11. The number of nitrogens with zero attached hydrogens (tertiary/aromatic N) is 3. The Morgan fingerprint density at radius 3 is 2.14 bits per heavy atom. The Kier molecular flexibility index (Phi) is 8.87. The molecule has 0 aliphatic heterocycles. The number of carbonyl (C=O) groups is 2. The first-order chi connectivity index (χ1) is 20.0. The average Bonchev–Trinajstić information content (AvgIpc) is 2.95. The molecule has 12 heteroatoms. The van der Waals surface area contributed by atoms with Gasteiger partial charge in [0.15, 0.2) is 0 Å². The van der Waals surface area contributed by atoms with Crippen molar-refractivity contribution >= 4 is 23.3 Å². The molecule has 0 saturated heterocycles. The summed E-state index contributed by atoms with van der Waals surface area (Å²) in [5.74, 6) is -6.99. The van der Waals surface area contributed by atoms with Crippen molar-refractivity contribution in [2.45, 2.75) is 6.54 Å². The monoisotopic (exact) mass is 578 g/mol. The number of aromatic nitrogens is 1. The van der Waals surface area contributed by atoms with Crippen LogP contribution < -0.4 is 25.0 Å². The van der Waals surface area contributed by atoms with Crippen LogP contribution in [0.25, 0.3) is 11.1 Å². The van der Waals surface area contributed by atoms with Crippen LogP contribution in [0.1, 0.15) is 15.9 Å². The van der Waals surface area contributed by atoms with Crippen LogP contribution in [0, 0.1) is 11.6 Å². The third-order valence-electron chi connectivity index (χ3n) is 6.21. The number of carboxylic acid groups (broad SMARTS) is 2. The van der Waals surface area contributed by atoms with Crippen LogP contribution in [-0.4, -0.2) is 54.8 Å². The highest BCUT2D eigenvalue weighted by Crippen LogP contribution is 2.39. The molecule has 1 heterocycles. The van der Waals surface area contributed by atoms with Gasteiger partial charge in [0.1, 0.15) is 29.3 Å². The number of halogens is 2. The van der Waals surface area contributed by atoms with Gasteiger partial charge in [0.2, 0.25) is 11.6 Å². The largest absolute Gasteiger partial charge is 0.480 e. The van der Waals surface area contributed by atoms with Crippen LogP contribution in [0.3, 0.4) is 0 Å². The van der Waals surface area contributed by atoms with Gasteiger partial charge >= 0.3 is 11.9 Å². The summed E-state index contributed by atoms with van der Waals surface area (Å²) in [7, 11) is 4.59. The van der Waals surface area contributed by atoms with Crippen molar-refractivity contribution < 1.29 is 38.1 Å². The average molecular weight is 579 g/mol. The molecule has 42 heavy (non-hydrogen) atoms. The van der Waals surface area contributed by atoms with E-state index >= 15 is 8.78 Å². The summed E-state index contributed by atoms with van der Waals surface area (Å²) in [4.78, 5) is 29.6. The van der Waals surface area contributed by atoms with Gasteiger partial charge < -0.3 is 35.2 Å². The Morgan fingerprint density at radius 1 is 0.881 bits per heavy atom. The number of likely N-dealkylation sites (N-methyl/N-ethyl adjacent to an activating group) is 1. The predicted octanol–water partition coefficient (Wildman–Crippen LogP) is 5.36. The molecule has 0 aliphatic carbocycles. The van der Waals surface area contributed by atoms with E-state index in [2.05, 4.69) is 4.98 Å². The summed E-state index contributed by atoms with van der Waals surface area (Å²) in [6.07, 6.45) is 0. The van der Waals surface area contributed by atoms with Crippen LogP contribution in [0.2, 0.25) is 0 Å². The standard InChI is InChI=1S/C30H28F2N4O6/c1-35(2)20-10-11-22(30(39)40)23(14-20)42-29-26(32)27(36(3)16-24(37)38)25(31)28(34-29)41-21-9-5-8-19(13-21)18-7-4-6-17(12-18)15-33/h4-14H,15-16,33H2,1-3H3,(H,37,38)(H,39,40). The van der Waals surface area contributed by atoms with E-state index in [0.717, 1.165) is 21.6 Å². The smallest absolute Gasteiger partial charge is 0.339 e. The molecule has 4 N–H and O–H groups in total. The van der Waals surface area contributed by atoms with Crippen LogP contribution in [0.4, 0.5) is 20.2 Å². The molecule has 0 spiro atoms. The number of ether oxygens (including phenoxy) is 2. The highest BCUT2D eigenvalue weighted by atomic mass is 19.1.